The smallest absolute Gasteiger partial charge is 0.264 e. The predicted octanol–water partition coefficient (Wildman–Crippen LogP) is 2.59. The molecule has 0 spiro atoms. The van der Waals surface area contributed by atoms with Gasteiger partial charge in [0.2, 0.25) is 0 Å². The van der Waals surface area contributed by atoms with Crippen molar-refractivity contribution in [1.29, 1.82) is 0 Å². The normalized spacial score (nSPS) is 12.4. The number of hydrogen-bond donors (Lipinski definition) is 1. The summed E-state index contributed by atoms with van der Waals surface area (Å²) >= 11 is 0. The van der Waals surface area contributed by atoms with Crippen LogP contribution in [0.3, 0.4) is 0 Å². The number of hydrogen-bond acceptors (Lipinski definition) is 4. The zero-order valence-electron chi connectivity index (χ0n) is 14.0. The molecule has 1 N–H and O–H groups in total. The van der Waals surface area contributed by atoms with Crippen LogP contribution in [0.2, 0.25) is 0 Å². The van der Waals surface area contributed by atoms with E-state index >= 15 is 0 Å². The molecule has 0 radical (unpaired) electrons. The van der Waals surface area contributed by atoms with E-state index < -0.39 is 17.5 Å². The molecule has 0 aliphatic carbocycles. The molecular weight excluding hydrogens is 354 g/mol. The Morgan fingerprint density at radius 3 is 2.56 bits per heavy atom. The Bertz CT molecular complexity index is 1170. The zero-order chi connectivity index (χ0) is 19.0. The van der Waals surface area contributed by atoms with Gasteiger partial charge in [0, 0.05) is 5.56 Å². The van der Waals surface area contributed by atoms with Crippen LogP contribution >= 0.6 is 0 Å². The van der Waals surface area contributed by atoms with Crippen LogP contribution in [0.1, 0.15) is 11.7 Å². The number of rotatable bonds is 4. The van der Waals surface area contributed by atoms with E-state index in [1.807, 2.05) is 0 Å². The molecule has 0 saturated heterocycles. The fourth-order valence-electron chi connectivity index (χ4n) is 2.88. The molecule has 1 atom stereocenters. The van der Waals surface area contributed by atoms with Gasteiger partial charge in [-0.25, -0.2) is 18.4 Å². The van der Waals surface area contributed by atoms with Crippen molar-refractivity contribution in [2.45, 2.75) is 12.6 Å². The topological polar surface area (TPSA) is 72.9 Å². The minimum atomic E-state index is -1.20. The summed E-state index contributed by atoms with van der Waals surface area (Å²) in [6.07, 6.45) is 1.44. The molecule has 136 valence electrons. The third kappa shape index (κ3) is 3.11. The summed E-state index contributed by atoms with van der Waals surface area (Å²) in [6.45, 7) is -0.148. The van der Waals surface area contributed by atoms with Crippen LogP contribution in [0.5, 0.6) is 0 Å². The number of halogens is 2. The monoisotopic (exact) mass is 368 g/mol. The Kier molecular flexibility index (Phi) is 4.25. The van der Waals surface area contributed by atoms with Gasteiger partial charge >= 0.3 is 0 Å². The molecule has 0 bridgehead atoms. The Morgan fingerprint density at radius 2 is 1.81 bits per heavy atom. The molecule has 27 heavy (non-hydrogen) atoms. The lowest BCUT2D eigenvalue weighted by Gasteiger charge is -2.13. The molecule has 0 aliphatic rings. The van der Waals surface area contributed by atoms with Gasteiger partial charge in [0.15, 0.2) is 5.65 Å². The largest absolute Gasteiger partial charge is 0.386 e. The number of nitrogens with zero attached hydrogens (tertiary/aromatic N) is 4. The molecule has 2 aromatic heterocycles. The molecule has 2 aromatic carbocycles. The first-order chi connectivity index (χ1) is 13.0. The molecule has 0 amide bonds. The summed E-state index contributed by atoms with van der Waals surface area (Å²) in [6, 6.07) is 11.5. The minimum Gasteiger partial charge on any atom is -0.386 e. The number of aromatic nitrogens is 4. The minimum absolute atomic E-state index is 0.103. The van der Waals surface area contributed by atoms with Gasteiger partial charge in [0.05, 0.1) is 24.5 Å². The second-order valence-electron chi connectivity index (χ2n) is 6.01. The van der Waals surface area contributed by atoms with Crippen LogP contribution in [0, 0.1) is 11.6 Å². The van der Waals surface area contributed by atoms with Crippen molar-refractivity contribution >= 4 is 11.0 Å². The van der Waals surface area contributed by atoms with Crippen LogP contribution in [0.15, 0.2) is 65.8 Å². The fraction of sp³-hybridized carbons (Fsp3) is 0.105. The fourth-order valence-corrected chi connectivity index (χ4v) is 2.88. The number of fused-ring (bicyclic) bond motifs is 1. The lowest BCUT2D eigenvalue weighted by atomic mass is 10.1. The van der Waals surface area contributed by atoms with Gasteiger partial charge in [0.25, 0.3) is 5.56 Å². The lowest BCUT2D eigenvalue weighted by molar-refractivity contribution is 0.150. The van der Waals surface area contributed by atoms with Gasteiger partial charge in [-0.05, 0) is 30.3 Å². The van der Waals surface area contributed by atoms with Crippen molar-refractivity contribution in [3.05, 3.63) is 88.6 Å². The number of benzene rings is 2. The van der Waals surface area contributed by atoms with Crippen molar-refractivity contribution in [2.75, 3.05) is 0 Å². The van der Waals surface area contributed by atoms with E-state index in [4.69, 9.17) is 0 Å². The second kappa shape index (κ2) is 6.73. The molecule has 0 saturated carbocycles. The van der Waals surface area contributed by atoms with Crippen molar-refractivity contribution in [3.8, 4) is 5.69 Å². The highest BCUT2D eigenvalue weighted by Crippen LogP contribution is 2.19. The third-order valence-corrected chi connectivity index (χ3v) is 4.26. The Balaban J connectivity index is 1.70. The van der Waals surface area contributed by atoms with E-state index in [0.29, 0.717) is 11.3 Å². The highest BCUT2D eigenvalue weighted by molar-refractivity contribution is 5.74. The van der Waals surface area contributed by atoms with E-state index in [9.17, 15) is 18.7 Å². The lowest BCUT2D eigenvalue weighted by Crippen LogP contribution is -2.24. The van der Waals surface area contributed by atoms with Crippen LogP contribution in [-0.2, 0) is 6.54 Å². The van der Waals surface area contributed by atoms with Crippen molar-refractivity contribution in [3.63, 3.8) is 0 Å². The van der Waals surface area contributed by atoms with Gasteiger partial charge in [-0.1, -0.05) is 18.2 Å². The second-order valence-corrected chi connectivity index (χ2v) is 6.01. The molecule has 2 heterocycles. The molecule has 0 unspecified atom stereocenters. The van der Waals surface area contributed by atoms with Crippen LogP contribution < -0.4 is 5.56 Å². The average Bonchev–Trinajstić information content (AvgIpc) is 3.10. The number of aliphatic hydroxyl groups excluding tert-OH is 1. The summed E-state index contributed by atoms with van der Waals surface area (Å²) in [4.78, 5) is 16.9. The quantitative estimate of drug-likeness (QED) is 0.601. The van der Waals surface area contributed by atoms with Gasteiger partial charge in [-0.3, -0.25) is 9.36 Å². The third-order valence-electron chi connectivity index (χ3n) is 4.26. The van der Waals surface area contributed by atoms with Crippen LogP contribution in [0.4, 0.5) is 8.78 Å². The van der Waals surface area contributed by atoms with Crippen molar-refractivity contribution in [1.82, 2.24) is 19.3 Å². The maximum atomic E-state index is 13.8. The molecule has 0 aliphatic heterocycles. The first-order valence-electron chi connectivity index (χ1n) is 8.16. The summed E-state index contributed by atoms with van der Waals surface area (Å²) in [7, 11) is 0. The Labute approximate surface area is 152 Å². The highest BCUT2D eigenvalue weighted by atomic mass is 19.1. The van der Waals surface area contributed by atoms with E-state index in [-0.39, 0.29) is 23.3 Å². The summed E-state index contributed by atoms with van der Waals surface area (Å²) in [5.41, 5.74) is 0.556. The first-order valence-corrected chi connectivity index (χ1v) is 8.16. The van der Waals surface area contributed by atoms with Gasteiger partial charge in [-0.15, -0.1) is 0 Å². The average molecular weight is 368 g/mol. The maximum absolute atomic E-state index is 13.8. The Hall–Kier alpha value is -3.39. The highest BCUT2D eigenvalue weighted by Gasteiger charge is 2.16. The van der Waals surface area contributed by atoms with E-state index in [1.165, 1.54) is 64.2 Å². The molecular formula is C19H14F2N4O2. The molecule has 4 rings (SSSR count). The Morgan fingerprint density at radius 1 is 1.07 bits per heavy atom. The number of aliphatic hydroxyl groups is 1. The van der Waals surface area contributed by atoms with Crippen molar-refractivity contribution in [2.24, 2.45) is 0 Å². The summed E-state index contributed by atoms with van der Waals surface area (Å²) in [5, 5.41) is 14.7. The van der Waals surface area contributed by atoms with Crippen LogP contribution in [0.25, 0.3) is 16.7 Å². The van der Waals surface area contributed by atoms with Crippen molar-refractivity contribution < 1.29 is 13.9 Å². The maximum Gasteiger partial charge on any atom is 0.264 e. The molecule has 4 aromatic rings. The summed E-state index contributed by atoms with van der Waals surface area (Å²) in [5.74, 6) is -0.927. The van der Waals surface area contributed by atoms with Crippen LogP contribution in [-0.4, -0.2) is 24.4 Å². The molecule has 8 heteroatoms. The summed E-state index contributed by atoms with van der Waals surface area (Å²) < 4.78 is 29.5. The van der Waals surface area contributed by atoms with Gasteiger partial charge in [0.1, 0.15) is 23.3 Å². The van der Waals surface area contributed by atoms with Gasteiger partial charge in [-0.2, -0.15) is 5.10 Å². The van der Waals surface area contributed by atoms with E-state index in [0.717, 1.165) is 0 Å². The standard InChI is InChI=1S/C19H14F2N4O2/c20-12-5-7-13(8-6-12)25-18-15(9-23-25)19(27)24(11-22-18)10-17(26)14-3-1-2-4-16(14)21/h1-9,11,17,26H,10H2/t17-/m1/s1. The van der Waals surface area contributed by atoms with E-state index in [1.54, 1.807) is 6.07 Å². The zero-order valence-corrected chi connectivity index (χ0v) is 14.0. The predicted molar refractivity (Wildman–Crippen MR) is 94.4 cm³/mol. The SMILES string of the molecule is O=c1c2cnn(-c3ccc(F)cc3)c2ncn1C[C@@H](O)c1ccccc1F. The molecule has 0 fully saturated rings. The van der Waals surface area contributed by atoms with E-state index in [2.05, 4.69) is 10.1 Å². The first kappa shape index (κ1) is 17.0. The molecule has 6 nitrogen and oxygen atoms in total. The van der Waals surface area contributed by atoms with Gasteiger partial charge < -0.3 is 5.11 Å².